The van der Waals surface area contributed by atoms with Gasteiger partial charge in [-0.3, -0.25) is 19.4 Å². The molecule has 13 heteroatoms. The molecule has 3 amide bonds. The summed E-state index contributed by atoms with van der Waals surface area (Å²) >= 11 is 1.57. The van der Waals surface area contributed by atoms with E-state index >= 15 is 0 Å². The van der Waals surface area contributed by atoms with E-state index in [0.29, 0.717) is 31.4 Å². The number of thioether (sulfide) groups is 1. The Kier molecular flexibility index (Phi) is 16.6. The minimum Gasteiger partial charge on any atom is -0.480 e. The van der Waals surface area contributed by atoms with Crippen LogP contribution in [0.4, 0.5) is 0 Å². The third-order valence-corrected chi connectivity index (χ3v) is 6.76. The number of carbonyl (C=O) groups excluding carboxylic acids is 3. The second kappa shape index (κ2) is 17.8. The van der Waals surface area contributed by atoms with Crippen molar-refractivity contribution in [3.8, 4) is 0 Å². The van der Waals surface area contributed by atoms with Crippen molar-refractivity contribution in [3.63, 3.8) is 0 Å². The number of guanidine groups is 1. The predicted molar refractivity (Wildman–Crippen MR) is 143 cm³/mol. The van der Waals surface area contributed by atoms with E-state index in [0.717, 1.165) is 0 Å². The van der Waals surface area contributed by atoms with Crippen LogP contribution in [0.5, 0.6) is 0 Å². The highest BCUT2D eigenvalue weighted by Gasteiger charge is 2.34. The average Bonchev–Trinajstić information content (AvgIpc) is 2.84. The molecule has 208 valence electrons. The molecule has 0 saturated heterocycles. The maximum atomic E-state index is 13.2. The van der Waals surface area contributed by atoms with Crippen LogP contribution in [-0.4, -0.2) is 77.5 Å². The van der Waals surface area contributed by atoms with Gasteiger partial charge in [0.1, 0.15) is 18.1 Å². The Morgan fingerprint density at radius 3 is 1.83 bits per heavy atom. The molecule has 0 saturated carbocycles. The van der Waals surface area contributed by atoms with Gasteiger partial charge >= 0.3 is 5.97 Å². The van der Waals surface area contributed by atoms with E-state index in [2.05, 4.69) is 20.9 Å². The maximum absolute atomic E-state index is 13.2. The highest BCUT2D eigenvalue weighted by molar-refractivity contribution is 7.98. The lowest BCUT2D eigenvalue weighted by atomic mass is 9.94. The molecule has 0 heterocycles. The number of carbonyl (C=O) groups is 4. The molecule has 0 aromatic rings. The normalized spacial score (nSPS) is 15.9. The van der Waals surface area contributed by atoms with Gasteiger partial charge in [-0.05, 0) is 43.1 Å². The minimum absolute atomic E-state index is 0.0985. The summed E-state index contributed by atoms with van der Waals surface area (Å²) in [5.74, 6) is -2.66. The third-order valence-electron chi connectivity index (χ3n) is 6.12. The largest absolute Gasteiger partial charge is 0.480 e. The first-order valence-electron chi connectivity index (χ1n) is 12.3. The van der Waals surface area contributed by atoms with Gasteiger partial charge in [-0.15, -0.1) is 0 Å². The molecule has 0 radical (unpaired) electrons. The molecule has 0 bridgehead atoms. The highest BCUT2D eigenvalue weighted by atomic mass is 32.2. The molecule has 36 heavy (non-hydrogen) atoms. The lowest BCUT2D eigenvalue weighted by molar-refractivity contribution is -0.143. The number of nitrogens with two attached hydrogens (primary N) is 3. The monoisotopic (exact) mass is 531 g/mol. The Balaban J connectivity index is 5.52. The summed E-state index contributed by atoms with van der Waals surface area (Å²) < 4.78 is 0. The fraction of sp³-hybridized carbons (Fsp3) is 0.783. The first-order valence-corrected chi connectivity index (χ1v) is 13.7. The molecule has 0 aliphatic carbocycles. The van der Waals surface area contributed by atoms with Gasteiger partial charge in [-0.25, -0.2) is 4.79 Å². The molecule has 10 N–H and O–H groups in total. The smallest absolute Gasteiger partial charge is 0.326 e. The molecular formula is C23H45N7O5S. The predicted octanol–water partition coefficient (Wildman–Crippen LogP) is -0.248. The fourth-order valence-corrected chi connectivity index (χ4v) is 3.80. The lowest BCUT2D eigenvalue weighted by Gasteiger charge is -2.30. The molecule has 0 aromatic carbocycles. The number of carboxylic acids is 1. The Morgan fingerprint density at radius 2 is 1.39 bits per heavy atom. The molecule has 0 aliphatic heterocycles. The quantitative estimate of drug-likeness (QED) is 0.0704. The fourth-order valence-electron chi connectivity index (χ4n) is 3.31. The van der Waals surface area contributed by atoms with Crippen molar-refractivity contribution in [2.75, 3.05) is 18.6 Å². The molecule has 6 atom stereocenters. The Hall–Kier alpha value is -2.54. The van der Waals surface area contributed by atoms with Crippen molar-refractivity contribution in [2.24, 2.45) is 34.0 Å². The van der Waals surface area contributed by atoms with Crippen LogP contribution in [0.15, 0.2) is 4.99 Å². The Bertz CT molecular complexity index is 748. The van der Waals surface area contributed by atoms with Crippen LogP contribution in [0.2, 0.25) is 0 Å². The van der Waals surface area contributed by atoms with E-state index < -0.39 is 47.9 Å². The van der Waals surface area contributed by atoms with Gasteiger partial charge in [0.15, 0.2) is 5.96 Å². The van der Waals surface area contributed by atoms with Crippen molar-refractivity contribution < 1.29 is 24.3 Å². The zero-order valence-electron chi connectivity index (χ0n) is 22.1. The van der Waals surface area contributed by atoms with Gasteiger partial charge in [-0.2, -0.15) is 11.8 Å². The van der Waals surface area contributed by atoms with Gasteiger partial charge in [0.2, 0.25) is 17.7 Å². The third kappa shape index (κ3) is 12.4. The molecule has 0 rings (SSSR count). The Morgan fingerprint density at radius 1 is 0.889 bits per heavy atom. The molecule has 0 aliphatic rings. The van der Waals surface area contributed by atoms with Crippen LogP contribution in [0.25, 0.3) is 0 Å². The summed E-state index contributed by atoms with van der Waals surface area (Å²) in [5, 5.41) is 17.5. The second-order valence-corrected chi connectivity index (χ2v) is 9.97. The summed E-state index contributed by atoms with van der Waals surface area (Å²) in [6.07, 6.45) is 4.00. The van der Waals surface area contributed by atoms with Crippen molar-refractivity contribution >= 4 is 41.4 Å². The van der Waals surface area contributed by atoms with Gasteiger partial charge in [0.05, 0.1) is 6.04 Å². The second-order valence-electron chi connectivity index (χ2n) is 8.98. The summed E-state index contributed by atoms with van der Waals surface area (Å²) in [7, 11) is 0. The van der Waals surface area contributed by atoms with E-state index in [-0.39, 0.29) is 30.8 Å². The zero-order valence-corrected chi connectivity index (χ0v) is 22.9. The summed E-state index contributed by atoms with van der Waals surface area (Å²) in [5.41, 5.74) is 16.5. The van der Waals surface area contributed by atoms with Crippen molar-refractivity contribution in [1.29, 1.82) is 0 Å². The first-order chi connectivity index (χ1) is 16.9. The lowest BCUT2D eigenvalue weighted by Crippen LogP contribution is -2.60. The van der Waals surface area contributed by atoms with Crippen molar-refractivity contribution in [1.82, 2.24) is 16.0 Å². The Labute approximate surface area is 218 Å². The molecule has 0 aromatic heterocycles. The topological polar surface area (TPSA) is 215 Å². The number of carboxylic acid groups (broad SMARTS) is 1. The van der Waals surface area contributed by atoms with E-state index in [1.54, 1.807) is 18.7 Å². The number of rotatable bonds is 18. The van der Waals surface area contributed by atoms with E-state index in [1.807, 2.05) is 27.0 Å². The minimum atomic E-state index is -1.20. The molecule has 12 nitrogen and oxygen atoms in total. The summed E-state index contributed by atoms with van der Waals surface area (Å²) in [4.78, 5) is 54.4. The SMILES string of the molecule is CCC(C)C(NC(=O)C(N)CCSC)C(=O)NC(C(=O)NC(CCCN=C(N)N)C(=O)O)C(C)CC. The van der Waals surface area contributed by atoms with Gasteiger partial charge in [-0.1, -0.05) is 40.5 Å². The molecule has 0 fully saturated rings. The van der Waals surface area contributed by atoms with Crippen LogP contribution in [0, 0.1) is 11.8 Å². The molecular weight excluding hydrogens is 486 g/mol. The van der Waals surface area contributed by atoms with Crippen LogP contribution in [0.1, 0.15) is 59.8 Å². The first kappa shape index (κ1) is 33.5. The molecule has 6 unspecified atom stereocenters. The molecule has 0 spiro atoms. The van der Waals surface area contributed by atoms with Crippen LogP contribution >= 0.6 is 11.8 Å². The zero-order chi connectivity index (χ0) is 27.8. The van der Waals surface area contributed by atoms with Crippen LogP contribution < -0.4 is 33.2 Å². The van der Waals surface area contributed by atoms with Gasteiger partial charge in [0.25, 0.3) is 0 Å². The number of nitrogens with one attached hydrogen (secondary N) is 3. The number of nitrogens with zero attached hydrogens (tertiary/aromatic N) is 1. The number of aliphatic carboxylic acids is 1. The highest BCUT2D eigenvalue weighted by Crippen LogP contribution is 2.13. The average molecular weight is 532 g/mol. The summed E-state index contributed by atoms with van der Waals surface area (Å²) in [6, 6.07) is -3.80. The van der Waals surface area contributed by atoms with Crippen LogP contribution in [-0.2, 0) is 19.2 Å². The number of aliphatic imine (C=N–C) groups is 1. The van der Waals surface area contributed by atoms with Crippen molar-refractivity contribution in [3.05, 3.63) is 0 Å². The van der Waals surface area contributed by atoms with E-state index in [4.69, 9.17) is 17.2 Å². The van der Waals surface area contributed by atoms with Crippen molar-refractivity contribution in [2.45, 2.75) is 84.0 Å². The van der Waals surface area contributed by atoms with E-state index in [9.17, 15) is 24.3 Å². The van der Waals surface area contributed by atoms with E-state index in [1.165, 1.54) is 0 Å². The van der Waals surface area contributed by atoms with Crippen LogP contribution in [0.3, 0.4) is 0 Å². The number of hydrogen-bond donors (Lipinski definition) is 7. The number of hydrogen-bond acceptors (Lipinski definition) is 7. The summed E-state index contributed by atoms with van der Waals surface area (Å²) in [6.45, 7) is 7.59. The van der Waals surface area contributed by atoms with Gasteiger partial charge < -0.3 is 38.3 Å². The standard InChI is InChI=1S/C23H45N7O5S/c1-6-13(3)17(20(32)28-16(22(34)35)9-8-11-27-23(25)26)30-21(33)18(14(4)7-2)29-19(31)15(24)10-12-36-5/h13-18H,6-12,24H2,1-5H3,(H,28,32)(H,29,31)(H,30,33)(H,34,35)(H4,25,26,27). The number of amides is 3. The maximum Gasteiger partial charge on any atom is 0.326 e. The van der Waals surface area contributed by atoms with Gasteiger partial charge in [0, 0.05) is 6.54 Å².